The van der Waals surface area contributed by atoms with Gasteiger partial charge in [0.1, 0.15) is 5.37 Å². The zero-order valence-electron chi connectivity index (χ0n) is 12.6. The van der Waals surface area contributed by atoms with Gasteiger partial charge in [0, 0.05) is 12.9 Å². The molecule has 1 N–H and O–H groups in total. The van der Waals surface area contributed by atoms with Gasteiger partial charge in [-0.2, -0.15) is 0 Å². The number of amides is 1. The Morgan fingerprint density at radius 2 is 1.84 bits per heavy atom. The zero-order valence-corrected chi connectivity index (χ0v) is 14.4. The van der Waals surface area contributed by atoms with Gasteiger partial charge in [0.15, 0.2) is 18.2 Å². The molecular weight excluding hydrogens is 282 g/mol. The first-order valence-corrected chi connectivity index (χ1v) is 11.4. The maximum absolute atomic E-state index is 11.4. The summed E-state index contributed by atoms with van der Waals surface area (Å²) in [4.78, 5) is 11.4. The van der Waals surface area contributed by atoms with Crippen molar-refractivity contribution in [3.05, 3.63) is 0 Å². The number of sulfone groups is 1. The first kappa shape index (κ1) is 16.7. The van der Waals surface area contributed by atoms with Crippen LogP contribution in [0.5, 0.6) is 0 Å². The molecule has 0 aromatic heterocycles. The highest BCUT2D eigenvalue weighted by atomic mass is 32.2. The molecule has 1 heterocycles. The van der Waals surface area contributed by atoms with Gasteiger partial charge >= 0.3 is 0 Å². The van der Waals surface area contributed by atoms with Crippen molar-refractivity contribution in [1.29, 1.82) is 0 Å². The second-order valence-corrected chi connectivity index (χ2v) is 13.7. The van der Waals surface area contributed by atoms with Gasteiger partial charge in [0.2, 0.25) is 5.91 Å². The van der Waals surface area contributed by atoms with Crippen LogP contribution in [0.15, 0.2) is 0 Å². The molecule has 0 aromatic carbocycles. The third-order valence-electron chi connectivity index (χ3n) is 4.15. The van der Waals surface area contributed by atoms with E-state index in [2.05, 4.69) is 39.2 Å². The van der Waals surface area contributed by atoms with Gasteiger partial charge in [-0.3, -0.25) is 4.79 Å². The molecule has 1 saturated heterocycles. The fraction of sp³-hybridized carbons (Fsp3) is 0.917. The fourth-order valence-electron chi connectivity index (χ4n) is 1.73. The minimum atomic E-state index is -3.22. The summed E-state index contributed by atoms with van der Waals surface area (Å²) in [7, 11) is -5.05. The Bertz CT molecular complexity index is 453. The van der Waals surface area contributed by atoms with Gasteiger partial charge in [0.05, 0.1) is 5.92 Å². The SMILES string of the molecule is CC(C)(C)[Si](C)(C)OCC[C@@H]1C(=O)N[C@@H]1S(C)(=O)=O. The Morgan fingerprint density at radius 3 is 2.21 bits per heavy atom. The average Bonchev–Trinajstić information content (AvgIpc) is 2.17. The summed E-state index contributed by atoms with van der Waals surface area (Å²) in [5, 5.41) is 1.82. The maximum Gasteiger partial charge on any atom is 0.227 e. The second-order valence-electron chi connectivity index (χ2n) is 6.76. The third-order valence-corrected chi connectivity index (χ3v) is 10.1. The Labute approximate surface area is 117 Å². The molecule has 0 unspecified atom stereocenters. The number of rotatable bonds is 5. The molecule has 0 saturated carbocycles. The number of carbonyl (C=O) groups excluding carboxylic acids is 1. The van der Waals surface area contributed by atoms with Gasteiger partial charge in [-0.15, -0.1) is 0 Å². The van der Waals surface area contributed by atoms with Crippen LogP contribution >= 0.6 is 0 Å². The number of β-lactam (4-membered cyclic amide) rings is 1. The van der Waals surface area contributed by atoms with Crippen molar-refractivity contribution in [3.63, 3.8) is 0 Å². The summed E-state index contributed by atoms with van der Waals surface area (Å²) >= 11 is 0. The molecule has 0 aromatic rings. The largest absolute Gasteiger partial charge is 0.417 e. The van der Waals surface area contributed by atoms with Gasteiger partial charge in [-0.1, -0.05) is 20.8 Å². The molecule has 1 amide bonds. The normalized spacial score (nSPS) is 24.8. The minimum Gasteiger partial charge on any atom is -0.417 e. The van der Waals surface area contributed by atoms with Crippen molar-refractivity contribution in [3.8, 4) is 0 Å². The van der Waals surface area contributed by atoms with Crippen LogP contribution in [0.4, 0.5) is 0 Å². The van der Waals surface area contributed by atoms with Crippen LogP contribution in [0.3, 0.4) is 0 Å². The van der Waals surface area contributed by atoms with E-state index in [0.717, 1.165) is 6.26 Å². The van der Waals surface area contributed by atoms with Gasteiger partial charge in [0.25, 0.3) is 0 Å². The van der Waals surface area contributed by atoms with Crippen LogP contribution in [0.1, 0.15) is 27.2 Å². The predicted molar refractivity (Wildman–Crippen MR) is 78.0 cm³/mol. The van der Waals surface area contributed by atoms with E-state index >= 15 is 0 Å². The summed E-state index contributed by atoms with van der Waals surface area (Å²) in [5.74, 6) is -0.644. The second kappa shape index (κ2) is 5.18. The molecule has 0 spiro atoms. The highest BCUT2D eigenvalue weighted by Crippen LogP contribution is 2.37. The van der Waals surface area contributed by atoms with Crippen LogP contribution < -0.4 is 5.32 Å². The molecule has 0 radical (unpaired) electrons. The quantitative estimate of drug-likeness (QED) is 0.617. The summed E-state index contributed by atoms with van der Waals surface area (Å²) in [5.41, 5.74) is 0. The Hall–Kier alpha value is -0.403. The standard InChI is InChI=1S/C12H25NO4SSi/c1-12(2,3)19(5,6)17-8-7-9-10(14)13-11(9)18(4,15)16/h9,11H,7-8H2,1-6H3,(H,13,14)/t9-,11-/m1/s1. The van der Waals surface area contributed by atoms with E-state index < -0.39 is 29.4 Å². The summed E-state index contributed by atoms with van der Waals surface area (Å²) in [6, 6.07) is 0. The fourth-order valence-corrected chi connectivity index (χ4v) is 3.98. The first-order chi connectivity index (χ1) is 8.36. The van der Waals surface area contributed by atoms with Gasteiger partial charge in [-0.25, -0.2) is 8.42 Å². The monoisotopic (exact) mass is 307 g/mol. The van der Waals surface area contributed by atoms with Crippen molar-refractivity contribution in [2.75, 3.05) is 12.9 Å². The lowest BCUT2D eigenvalue weighted by molar-refractivity contribution is -0.133. The maximum atomic E-state index is 11.4. The van der Waals surface area contributed by atoms with Crippen molar-refractivity contribution in [2.45, 2.75) is 50.7 Å². The topological polar surface area (TPSA) is 72.5 Å². The molecule has 7 heteroatoms. The Kier molecular flexibility index (Phi) is 4.54. The van der Waals surface area contributed by atoms with E-state index in [0.29, 0.717) is 13.0 Å². The van der Waals surface area contributed by atoms with Gasteiger partial charge in [-0.05, 0) is 24.6 Å². The smallest absolute Gasteiger partial charge is 0.227 e. The van der Waals surface area contributed by atoms with E-state index in [1.165, 1.54) is 0 Å². The lowest BCUT2D eigenvalue weighted by Crippen LogP contribution is -2.61. The molecule has 1 aliphatic heterocycles. The molecule has 19 heavy (non-hydrogen) atoms. The van der Waals surface area contributed by atoms with Crippen LogP contribution in [-0.4, -0.2) is 40.9 Å². The van der Waals surface area contributed by atoms with Crippen molar-refractivity contribution in [1.82, 2.24) is 5.32 Å². The van der Waals surface area contributed by atoms with Crippen LogP contribution in [-0.2, 0) is 19.1 Å². The Morgan fingerprint density at radius 1 is 1.32 bits per heavy atom. The minimum absolute atomic E-state index is 0.116. The molecule has 1 fully saturated rings. The first-order valence-electron chi connectivity index (χ1n) is 6.49. The lowest BCUT2D eigenvalue weighted by Gasteiger charge is -2.38. The van der Waals surface area contributed by atoms with Gasteiger partial charge < -0.3 is 9.74 Å². The Balaban J connectivity index is 2.52. The zero-order chi connectivity index (χ0) is 15.1. The molecule has 0 aliphatic carbocycles. The van der Waals surface area contributed by atoms with Crippen molar-refractivity contribution >= 4 is 24.1 Å². The number of carbonyl (C=O) groups is 1. The molecule has 1 aliphatic rings. The van der Waals surface area contributed by atoms with Crippen LogP contribution in [0.2, 0.25) is 18.1 Å². The highest BCUT2D eigenvalue weighted by Gasteiger charge is 2.45. The van der Waals surface area contributed by atoms with E-state index in [9.17, 15) is 13.2 Å². The number of hydrogen-bond acceptors (Lipinski definition) is 4. The molecule has 2 atom stereocenters. The lowest BCUT2D eigenvalue weighted by atomic mass is 9.98. The van der Waals surface area contributed by atoms with E-state index in [1.54, 1.807) is 0 Å². The van der Waals surface area contributed by atoms with Crippen molar-refractivity contribution in [2.24, 2.45) is 5.92 Å². The average molecular weight is 307 g/mol. The van der Waals surface area contributed by atoms with Crippen LogP contribution in [0.25, 0.3) is 0 Å². The summed E-state index contributed by atoms with van der Waals surface area (Å²) in [6.45, 7) is 11.2. The molecule has 112 valence electrons. The molecular formula is C12H25NO4SSi. The molecule has 1 rings (SSSR count). The van der Waals surface area contributed by atoms with E-state index in [1.807, 2.05) is 0 Å². The highest BCUT2D eigenvalue weighted by molar-refractivity contribution is 7.91. The van der Waals surface area contributed by atoms with Crippen LogP contribution in [0, 0.1) is 5.92 Å². The molecule has 5 nitrogen and oxygen atoms in total. The summed E-state index contributed by atoms with van der Waals surface area (Å²) in [6.07, 6.45) is 1.62. The van der Waals surface area contributed by atoms with E-state index in [-0.39, 0.29) is 10.9 Å². The number of nitrogens with one attached hydrogen (secondary N) is 1. The summed E-state index contributed by atoms with van der Waals surface area (Å²) < 4.78 is 28.9. The molecule has 0 bridgehead atoms. The number of hydrogen-bond donors (Lipinski definition) is 1. The van der Waals surface area contributed by atoms with E-state index in [4.69, 9.17) is 4.43 Å². The predicted octanol–water partition coefficient (Wildman–Crippen LogP) is 1.52. The van der Waals surface area contributed by atoms with Crippen molar-refractivity contribution < 1.29 is 17.6 Å². The third kappa shape index (κ3) is 3.79.